The fourth-order valence-corrected chi connectivity index (χ4v) is 8.91. The minimum Gasteiger partial charge on any atom is -0.508 e. The summed E-state index contributed by atoms with van der Waals surface area (Å²) in [5.74, 6) is -4.24. The Bertz CT molecular complexity index is 2090. The molecule has 242 valence electrons. The number of carbonyl (C=O) groups excluding carboxylic acids is 4. The Morgan fingerprint density at radius 3 is 2.30 bits per heavy atom. The lowest BCUT2D eigenvalue weighted by Crippen LogP contribution is -2.33. The summed E-state index contributed by atoms with van der Waals surface area (Å²) in [6.07, 6.45) is 0. The molecule has 0 bridgehead atoms. The summed E-state index contributed by atoms with van der Waals surface area (Å²) in [4.78, 5) is 67.4. The summed E-state index contributed by atoms with van der Waals surface area (Å²) in [6, 6.07) is 17.4. The van der Waals surface area contributed by atoms with Crippen LogP contribution in [0.3, 0.4) is 0 Å². The monoisotopic (exact) mass is 694 g/mol. The highest BCUT2D eigenvalue weighted by molar-refractivity contribution is 8.00. The highest BCUT2D eigenvalue weighted by Gasteiger charge is 2.57. The number of primary sulfonamides is 1. The Morgan fingerprint density at radius 2 is 1.66 bits per heavy atom. The smallest absolute Gasteiger partial charge is 0.338 e. The molecule has 3 amide bonds. The van der Waals surface area contributed by atoms with Crippen LogP contribution in [0.1, 0.15) is 33.6 Å². The van der Waals surface area contributed by atoms with Crippen LogP contribution in [0.15, 0.2) is 87.5 Å². The summed E-state index contributed by atoms with van der Waals surface area (Å²) < 4.78 is 29.3. The normalized spacial score (nSPS) is 18.9. The van der Waals surface area contributed by atoms with Gasteiger partial charge in [0.1, 0.15) is 17.5 Å². The molecule has 1 saturated heterocycles. The second-order valence-corrected chi connectivity index (χ2v) is 14.3. The number of phenolic OH excluding ortho intramolecular Hbond substituents is 1. The van der Waals surface area contributed by atoms with Gasteiger partial charge < -0.3 is 15.2 Å². The second-order valence-electron chi connectivity index (χ2n) is 10.6. The van der Waals surface area contributed by atoms with E-state index < -0.39 is 62.2 Å². The van der Waals surface area contributed by atoms with Crippen molar-refractivity contribution in [3.63, 3.8) is 0 Å². The number of sulfonamides is 1. The summed E-state index contributed by atoms with van der Waals surface area (Å²) in [7, 11) is -3.93. The van der Waals surface area contributed by atoms with Gasteiger partial charge >= 0.3 is 10.8 Å². The van der Waals surface area contributed by atoms with Gasteiger partial charge in [0.05, 0.1) is 33.7 Å². The van der Waals surface area contributed by atoms with Crippen molar-refractivity contribution >= 4 is 68.2 Å². The quantitative estimate of drug-likeness (QED) is 0.182. The number of ether oxygens (including phenoxy) is 1. The van der Waals surface area contributed by atoms with Gasteiger partial charge in [-0.05, 0) is 61.5 Å². The minimum atomic E-state index is -3.93. The Hall–Kier alpha value is -4.77. The van der Waals surface area contributed by atoms with Crippen molar-refractivity contribution in [2.24, 2.45) is 11.1 Å². The van der Waals surface area contributed by atoms with Gasteiger partial charge in [0.15, 0.2) is 0 Å². The Labute approximate surface area is 276 Å². The maximum atomic E-state index is 14.1. The maximum absolute atomic E-state index is 14.1. The Morgan fingerprint density at radius 1 is 0.979 bits per heavy atom. The average Bonchev–Trinajstić information content (AvgIpc) is 3.47. The standard InChI is InChI=1S/C31H26N4O9S3/c1-2-44-30(40)16-7-11-18(12-8-16)35-27(38)24-23(20-5-3-4-6-21(20)36)26-29(45-25(24)28(35)39)34(31(41)46-26)15-22(37)33-17-9-13-19(14-10-17)47(32,42)43/h3-14,23-25,36H,2,15H2,1H3,(H,33,37)(H2,32,42,43)/t23-,24+,25-/m0/s1. The number of carbonyl (C=O) groups is 4. The van der Waals surface area contributed by atoms with E-state index in [1.54, 1.807) is 25.1 Å². The second kappa shape index (κ2) is 12.4. The van der Waals surface area contributed by atoms with Gasteiger partial charge in [0.25, 0.3) is 0 Å². The summed E-state index contributed by atoms with van der Waals surface area (Å²) in [5.41, 5.74) is 1.10. The summed E-state index contributed by atoms with van der Waals surface area (Å²) in [6.45, 7) is 1.42. The molecule has 3 atom stereocenters. The van der Waals surface area contributed by atoms with Gasteiger partial charge in [-0.25, -0.2) is 23.3 Å². The van der Waals surface area contributed by atoms with Crippen LogP contribution in [0.4, 0.5) is 11.4 Å². The number of anilines is 2. The fourth-order valence-electron chi connectivity index (χ4n) is 5.63. The molecule has 0 aliphatic carbocycles. The number of nitrogens with two attached hydrogens (primary N) is 1. The first kappa shape index (κ1) is 32.2. The van der Waals surface area contributed by atoms with E-state index in [1.807, 2.05) is 0 Å². The first-order valence-corrected chi connectivity index (χ1v) is 17.4. The van der Waals surface area contributed by atoms with Crippen LogP contribution >= 0.6 is 23.1 Å². The number of nitrogens with one attached hydrogen (secondary N) is 1. The van der Waals surface area contributed by atoms with Gasteiger partial charge in [-0.2, -0.15) is 0 Å². The zero-order valence-corrected chi connectivity index (χ0v) is 26.9. The van der Waals surface area contributed by atoms with E-state index in [0.717, 1.165) is 28.0 Å². The number of hydrogen-bond donors (Lipinski definition) is 3. The molecule has 1 aromatic heterocycles. The van der Waals surface area contributed by atoms with Crippen LogP contribution in [0, 0.1) is 5.92 Å². The molecular formula is C31H26N4O9S3. The first-order valence-electron chi connectivity index (χ1n) is 14.1. The van der Waals surface area contributed by atoms with Gasteiger partial charge in [0, 0.05) is 22.0 Å². The van der Waals surface area contributed by atoms with Gasteiger partial charge in [-0.3, -0.25) is 23.7 Å². The van der Waals surface area contributed by atoms with Gasteiger partial charge in [0.2, 0.25) is 27.7 Å². The minimum absolute atomic E-state index is 0.125. The number of aromatic nitrogens is 1. The molecule has 3 aromatic carbocycles. The third-order valence-corrected chi connectivity index (χ3v) is 11.3. The number of fused-ring (bicyclic) bond motifs is 2. The van der Waals surface area contributed by atoms with Crippen LogP contribution in [0.5, 0.6) is 5.75 Å². The lowest BCUT2D eigenvalue weighted by atomic mass is 9.82. The summed E-state index contributed by atoms with van der Waals surface area (Å²) >= 11 is 1.82. The average molecular weight is 695 g/mol. The molecule has 4 N–H and O–H groups in total. The fraction of sp³-hybridized carbons (Fsp3) is 0.194. The number of hydrogen-bond acceptors (Lipinski definition) is 11. The molecule has 47 heavy (non-hydrogen) atoms. The SMILES string of the molecule is CCOC(=O)c1ccc(N2C(=O)[C@@H]3[C@H](c4ccccc4O)c4sc(=O)n(CC(=O)Nc5ccc(S(N)(=O)=O)cc5)c4S[C@@H]3C2=O)cc1. The lowest BCUT2D eigenvalue weighted by molar-refractivity contribution is -0.122. The predicted octanol–water partition coefficient (Wildman–Crippen LogP) is 2.87. The molecule has 0 unspecified atom stereocenters. The van der Waals surface area contributed by atoms with E-state index in [4.69, 9.17) is 9.88 Å². The van der Waals surface area contributed by atoms with Crippen LogP contribution < -0.4 is 20.2 Å². The molecule has 0 radical (unpaired) electrons. The van der Waals surface area contributed by atoms with Crippen molar-refractivity contribution in [1.29, 1.82) is 0 Å². The number of phenols is 1. The molecule has 2 aliphatic rings. The largest absolute Gasteiger partial charge is 0.508 e. The third kappa shape index (κ3) is 5.95. The van der Waals surface area contributed by atoms with Crippen molar-refractivity contribution < 1.29 is 37.4 Å². The van der Waals surface area contributed by atoms with Crippen molar-refractivity contribution in [2.75, 3.05) is 16.8 Å². The van der Waals surface area contributed by atoms with Crippen molar-refractivity contribution in [2.45, 2.75) is 34.6 Å². The van der Waals surface area contributed by atoms with E-state index in [0.29, 0.717) is 15.5 Å². The first-order chi connectivity index (χ1) is 22.4. The van der Waals surface area contributed by atoms with Crippen LogP contribution in [0.25, 0.3) is 0 Å². The number of thiazole rings is 1. The third-order valence-electron chi connectivity index (χ3n) is 7.73. The number of nitrogens with zero attached hydrogens (tertiary/aromatic N) is 2. The zero-order valence-electron chi connectivity index (χ0n) is 24.5. The molecule has 1 fully saturated rings. The van der Waals surface area contributed by atoms with Crippen molar-refractivity contribution in [3.8, 4) is 5.75 Å². The number of thioether (sulfide) groups is 1. The molecule has 16 heteroatoms. The van der Waals surface area contributed by atoms with E-state index >= 15 is 0 Å². The molecule has 13 nitrogen and oxygen atoms in total. The predicted molar refractivity (Wildman–Crippen MR) is 173 cm³/mol. The number of imide groups is 1. The molecule has 2 aliphatic heterocycles. The van der Waals surface area contributed by atoms with Crippen LogP contribution in [0.2, 0.25) is 0 Å². The summed E-state index contributed by atoms with van der Waals surface area (Å²) in [5, 5.41) is 17.9. The topological polar surface area (TPSA) is 195 Å². The number of para-hydroxylation sites is 1. The van der Waals surface area contributed by atoms with Crippen molar-refractivity contribution in [1.82, 2.24) is 4.57 Å². The number of rotatable bonds is 8. The molecular weight excluding hydrogens is 669 g/mol. The molecule has 4 aromatic rings. The van der Waals surface area contributed by atoms with E-state index in [9.17, 15) is 37.5 Å². The number of esters is 1. The van der Waals surface area contributed by atoms with E-state index in [-0.39, 0.29) is 34.2 Å². The van der Waals surface area contributed by atoms with Gasteiger partial charge in [-0.1, -0.05) is 41.3 Å². The highest BCUT2D eigenvalue weighted by atomic mass is 32.2. The van der Waals surface area contributed by atoms with Crippen molar-refractivity contribution in [3.05, 3.63) is 98.5 Å². The molecule has 3 heterocycles. The highest BCUT2D eigenvalue weighted by Crippen LogP contribution is 2.55. The Balaban J connectivity index is 1.35. The molecule has 6 rings (SSSR count). The molecule has 0 spiro atoms. The maximum Gasteiger partial charge on any atom is 0.338 e. The van der Waals surface area contributed by atoms with E-state index in [1.165, 1.54) is 59.2 Å². The zero-order chi connectivity index (χ0) is 33.6. The number of amides is 3. The van der Waals surface area contributed by atoms with Gasteiger partial charge in [-0.15, -0.1) is 0 Å². The van der Waals surface area contributed by atoms with E-state index in [2.05, 4.69) is 5.32 Å². The Kier molecular flexibility index (Phi) is 8.52. The molecule has 0 saturated carbocycles. The number of aromatic hydroxyl groups is 1. The number of benzene rings is 3. The van der Waals surface area contributed by atoms with Crippen LogP contribution in [-0.4, -0.2) is 53.6 Å². The lowest BCUT2D eigenvalue weighted by Gasteiger charge is -2.31. The van der Waals surface area contributed by atoms with Crippen LogP contribution in [-0.2, 0) is 35.7 Å².